The SMILES string of the molecule is OC(CCl)CNc1c(F)cccc1Oc1c(F)cc(C(F)(F)F)cc1F. The third-order valence-electron chi connectivity index (χ3n) is 3.21. The molecular weight excluding hydrogens is 388 g/mol. The summed E-state index contributed by atoms with van der Waals surface area (Å²) < 4.78 is 84.4. The number of alkyl halides is 4. The van der Waals surface area contributed by atoms with E-state index in [1.165, 1.54) is 6.07 Å². The van der Waals surface area contributed by atoms with Gasteiger partial charge in [0.15, 0.2) is 23.1 Å². The van der Waals surface area contributed by atoms with Crippen LogP contribution in [0.5, 0.6) is 11.5 Å². The Bertz CT molecular complexity index is 761. The number of ether oxygens (including phenoxy) is 1. The highest BCUT2D eigenvalue weighted by Crippen LogP contribution is 2.38. The Morgan fingerprint density at radius 2 is 1.69 bits per heavy atom. The fraction of sp³-hybridized carbons (Fsp3) is 0.250. The molecule has 0 spiro atoms. The van der Waals surface area contributed by atoms with Gasteiger partial charge >= 0.3 is 6.18 Å². The molecule has 0 aliphatic heterocycles. The summed E-state index contributed by atoms with van der Waals surface area (Å²) in [5.41, 5.74) is -1.86. The fourth-order valence-electron chi connectivity index (χ4n) is 1.97. The first-order chi connectivity index (χ1) is 12.1. The van der Waals surface area contributed by atoms with E-state index in [4.69, 9.17) is 16.3 Å². The number of hydrogen-bond acceptors (Lipinski definition) is 3. The zero-order chi connectivity index (χ0) is 19.5. The monoisotopic (exact) mass is 399 g/mol. The Morgan fingerprint density at radius 1 is 1.08 bits per heavy atom. The Labute approximate surface area is 149 Å². The second-order valence-electron chi connectivity index (χ2n) is 5.17. The van der Waals surface area contributed by atoms with Crippen LogP contribution < -0.4 is 10.1 Å². The van der Waals surface area contributed by atoms with E-state index in [0.717, 1.165) is 12.1 Å². The minimum Gasteiger partial charge on any atom is -0.449 e. The number of anilines is 1. The van der Waals surface area contributed by atoms with Crippen molar-refractivity contribution in [2.45, 2.75) is 12.3 Å². The molecule has 2 rings (SSSR count). The normalized spacial score (nSPS) is 12.8. The molecule has 0 amide bonds. The summed E-state index contributed by atoms with van der Waals surface area (Å²) in [6.07, 6.45) is -5.98. The molecule has 10 heteroatoms. The van der Waals surface area contributed by atoms with Gasteiger partial charge in [0.2, 0.25) is 0 Å². The van der Waals surface area contributed by atoms with E-state index in [0.29, 0.717) is 0 Å². The van der Waals surface area contributed by atoms with Crippen molar-refractivity contribution in [3.05, 3.63) is 53.3 Å². The fourth-order valence-corrected chi connectivity index (χ4v) is 2.08. The lowest BCUT2D eigenvalue weighted by atomic mass is 10.2. The second kappa shape index (κ2) is 8.05. The molecule has 2 aromatic carbocycles. The van der Waals surface area contributed by atoms with Crippen LogP contribution in [0.2, 0.25) is 0 Å². The van der Waals surface area contributed by atoms with E-state index in [2.05, 4.69) is 5.32 Å². The molecule has 142 valence electrons. The Balaban J connectivity index is 2.36. The van der Waals surface area contributed by atoms with Gasteiger partial charge in [-0.05, 0) is 24.3 Å². The molecule has 0 heterocycles. The van der Waals surface area contributed by atoms with Gasteiger partial charge in [0.25, 0.3) is 0 Å². The third kappa shape index (κ3) is 4.73. The van der Waals surface area contributed by atoms with Gasteiger partial charge in [-0.3, -0.25) is 0 Å². The molecular formula is C16H12ClF6NO2. The van der Waals surface area contributed by atoms with E-state index < -0.39 is 41.0 Å². The van der Waals surface area contributed by atoms with Crippen molar-refractivity contribution in [2.24, 2.45) is 0 Å². The molecule has 0 aliphatic carbocycles. The van der Waals surface area contributed by atoms with E-state index in [-0.39, 0.29) is 36.0 Å². The maximum absolute atomic E-state index is 13.9. The molecule has 0 bridgehead atoms. The number of nitrogens with one attached hydrogen (secondary N) is 1. The van der Waals surface area contributed by atoms with Crippen molar-refractivity contribution >= 4 is 17.3 Å². The molecule has 0 fully saturated rings. The van der Waals surface area contributed by atoms with Crippen molar-refractivity contribution < 1.29 is 36.2 Å². The summed E-state index contributed by atoms with van der Waals surface area (Å²) in [6, 6.07) is 3.48. The molecule has 0 aromatic heterocycles. The summed E-state index contributed by atoms with van der Waals surface area (Å²) in [4.78, 5) is 0. The van der Waals surface area contributed by atoms with Gasteiger partial charge < -0.3 is 15.2 Å². The number of rotatable bonds is 6. The van der Waals surface area contributed by atoms with Crippen LogP contribution in [0.1, 0.15) is 5.56 Å². The van der Waals surface area contributed by atoms with E-state index in [9.17, 15) is 31.4 Å². The summed E-state index contributed by atoms with van der Waals surface area (Å²) in [5, 5.41) is 11.9. The van der Waals surface area contributed by atoms with Crippen molar-refractivity contribution in [2.75, 3.05) is 17.7 Å². The molecule has 2 aromatic rings. The molecule has 26 heavy (non-hydrogen) atoms. The summed E-state index contributed by atoms with van der Waals surface area (Å²) in [5.74, 6) is -5.73. The van der Waals surface area contributed by atoms with Gasteiger partial charge in [0.1, 0.15) is 11.5 Å². The average molecular weight is 400 g/mol. The first kappa shape index (κ1) is 20.2. The number of para-hydroxylation sites is 1. The minimum absolute atomic E-state index is 0.0715. The first-order valence-electron chi connectivity index (χ1n) is 7.14. The number of halogens is 7. The lowest BCUT2D eigenvalue weighted by molar-refractivity contribution is -0.138. The molecule has 0 aliphatic rings. The maximum atomic E-state index is 13.9. The molecule has 0 saturated carbocycles. The molecule has 1 atom stereocenters. The van der Waals surface area contributed by atoms with Crippen LogP contribution in [0.25, 0.3) is 0 Å². The smallest absolute Gasteiger partial charge is 0.416 e. The van der Waals surface area contributed by atoms with Crippen LogP contribution >= 0.6 is 11.6 Å². The van der Waals surface area contributed by atoms with E-state index in [1.807, 2.05) is 0 Å². The predicted octanol–water partition coefficient (Wildman–Crippen LogP) is 4.93. The summed E-state index contributed by atoms with van der Waals surface area (Å²) in [6.45, 7) is -0.196. The molecule has 2 N–H and O–H groups in total. The van der Waals surface area contributed by atoms with Gasteiger partial charge in [-0.1, -0.05) is 6.07 Å². The van der Waals surface area contributed by atoms with Crippen molar-refractivity contribution in [3.8, 4) is 11.5 Å². The summed E-state index contributed by atoms with van der Waals surface area (Å²) in [7, 11) is 0. The number of benzene rings is 2. The number of hydrogen-bond donors (Lipinski definition) is 2. The highest BCUT2D eigenvalue weighted by atomic mass is 35.5. The van der Waals surface area contributed by atoms with Crippen LogP contribution in [0.15, 0.2) is 30.3 Å². The van der Waals surface area contributed by atoms with E-state index >= 15 is 0 Å². The Morgan fingerprint density at radius 3 is 2.23 bits per heavy atom. The topological polar surface area (TPSA) is 41.5 Å². The first-order valence-corrected chi connectivity index (χ1v) is 7.67. The Kier molecular flexibility index (Phi) is 6.25. The maximum Gasteiger partial charge on any atom is 0.416 e. The zero-order valence-electron chi connectivity index (χ0n) is 12.9. The lowest BCUT2D eigenvalue weighted by Crippen LogP contribution is -2.21. The highest BCUT2D eigenvalue weighted by Gasteiger charge is 2.33. The van der Waals surface area contributed by atoms with Crippen LogP contribution in [0, 0.1) is 17.5 Å². The van der Waals surface area contributed by atoms with Crippen molar-refractivity contribution in [1.82, 2.24) is 0 Å². The van der Waals surface area contributed by atoms with E-state index in [1.54, 1.807) is 0 Å². The molecule has 0 radical (unpaired) electrons. The van der Waals surface area contributed by atoms with Crippen molar-refractivity contribution in [3.63, 3.8) is 0 Å². The highest BCUT2D eigenvalue weighted by molar-refractivity contribution is 6.18. The van der Waals surface area contributed by atoms with Gasteiger partial charge in [-0.2, -0.15) is 13.2 Å². The summed E-state index contributed by atoms with van der Waals surface area (Å²) >= 11 is 5.41. The molecule has 0 saturated heterocycles. The third-order valence-corrected chi connectivity index (χ3v) is 3.56. The van der Waals surface area contributed by atoms with Crippen molar-refractivity contribution in [1.29, 1.82) is 0 Å². The van der Waals surface area contributed by atoms with Gasteiger partial charge in [-0.25, -0.2) is 13.2 Å². The lowest BCUT2D eigenvalue weighted by Gasteiger charge is -2.16. The van der Waals surface area contributed by atoms with Gasteiger partial charge in [0.05, 0.1) is 17.5 Å². The molecule has 3 nitrogen and oxygen atoms in total. The standard InChI is InChI=1S/C16H12ClF6NO2/c17-6-9(25)7-24-14-10(18)2-1-3-13(14)26-15-11(19)4-8(5-12(15)20)16(21,22)23/h1-5,9,24-25H,6-7H2. The quantitative estimate of drug-likeness (QED) is 0.535. The van der Waals surface area contributed by atoms with Gasteiger partial charge in [-0.15, -0.1) is 11.6 Å². The van der Waals surface area contributed by atoms with Crippen LogP contribution in [-0.4, -0.2) is 23.6 Å². The van der Waals surface area contributed by atoms with Crippen LogP contribution in [0.4, 0.5) is 32.0 Å². The minimum atomic E-state index is -4.94. The second-order valence-corrected chi connectivity index (χ2v) is 5.48. The van der Waals surface area contributed by atoms with Crippen LogP contribution in [0.3, 0.4) is 0 Å². The largest absolute Gasteiger partial charge is 0.449 e. The predicted molar refractivity (Wildman–Crippen MR) is 83.1 cm³/mol. The van der Waals surface area contributed by atoms with Gasteiger partial charge in [0, 0.05) is 6.54 Å². The number of aliphatic hydroxyl groups is 1. The average Bonchev–Trinajstić information content (AvgIpc) is 2.56. The van der Waals surface area contributed by atoms with Crippen LogP contribution in [-0.2, 0) is 6.18 Å². The zero-order valence-corrected chi connectivity index (χ0v) is 13.6. The number of aliphatic hydroxyl groups excluding tert-OH is 1. The Hall–Kier alpha value is -2.13. The molecule has 1 unspecified atom stereocenters.